The van der Waals surface area contributed by atoms with Crippen LogP contribution >= 0.6 is 0 Å². The van der Waals surface area contributed by atoms with Gasteiger partial charge in [0.1, 0.15) is 12.4 Å². The molecule has 1 rings (SSSR count). The van der Waals surface area contributed by atoms with E-state index in [2.05, 4.69) is 16.9 Å². The molecule has 0 fully saturated rings. The highest BCUT2D eigenvalue weighted by Crippen LogP contribution is 2.30. The quantitative estimate of drug-likeness (QED) is 0.336. The molecule has 0 aliphatic carbocycles. The second-order valence-electron chi connectivity index (χ2n) is 4.21. The van der Waals surface area contributed by atoms with E-state index in [1.165, 1.54) is 0 Å². The fourth-order valence-corrected chi connectivity index (χ4v) is 2.17. The zero-order valence-electron chi connectivity index (χ0n) is 12.0. The van der Waals surface area contributed by atoms with E-state index < -0.39 is 20.2 Å². The van der Waals surface area contributed by atoms with Crippen molar-refractivity contribution >= 4 is 15.8 Å². The lowest BCUT2D eigenvalue weighted by molar-refractivity contribution is -0.0436. The van der Waals surface area contributed by atoms with Crippen molar-refractivity contribution in [2.24, 2.45) is 10.7 Å². The van der Waals surface area contributed by atoms with Crippen molar-refractivity contribution in [3.8, 4) is 5.75 Å². The van der Waals surface area contributed by atoms with Crippen LogP contribution in [-0.2, 0) is 9.84 Å². The number of halogens is 3. The zero-order chi connectivity index (χ0) is 17.5. The summed E-state index contributed by atoms with van der Waals surface area (Å²) in [7, 11) is -5.35. The van der Waals surface area contributed by atoms with Crippen LogP contribution in [0.3, 0.4) is 0 Å². The van der Waals surface area contributed by atoms with Gasteiger partial charge in [-0.15, -0.1) is 6.58 Å². The summed E-state index contributed by atoms with van der Waals surface area (Å²) in [6.45, 7) is 4.31. The molecule has 3 N–H and O–H groups in total. The highest BCUT2D eigenvalue weighted by atomic mass is 32.2. The third-order valence-electron chi connectivity index (χ3n) is 2.51. The number of sulfone groups is 1. The summed E-state index contributed by atoms with van der Waals surface area (Å²) in [5.74, 6) is 0.430. The van der Waals surface area contributed by atoms with Gasteiger partial charge < -0.3 is 15.8 Å². The topological polar surface area (TPSA) is 93.8 Å². The first-order valence-electron chi connectivity index (χ1n) is 6.37. The molecule has 1 aromatic rings. The highest BCUT2D eigenvalue weighted by Gasteiger charge is 2.46. The predicted molar refractivity (Wildman–Crippen MR) is 79.9 cm³/mol. The number of nitrogens with zero attached hydrogens (tertiary/aromatic N) is 1. The minimum Gasteiger partial charge on any atom is -0.492 e. The zero-order valence-corrected chi connectivity index (χ0v) is 12.8. The Labute approximate surface area is 131 Å². The summed E-state index contributed by atoms with van der Waals surface area (Å²) in [6, 6.07) is 3.95. The highest BCUT2D eigenvalue weighted by molar-refractivity contribution is 7.92. The number of ether oxygens (including phenoxy) is 1. The fourth-order valence-electron chi connectivity index (χ4n) is 1.41. The number of benzene rings is 1. The SMILES string of the molecule is C=CCNC(N)=NCCOc1ccc(S(=O)(=O)C(F)(F)F)cc1. The minimum atomic E-state index is -5.35. The first-order valence-corrected chi connectivity index (χ1v) is 7.85. The molecular formula is C13H16F3N3O3S. The van der Waals surface area contributed by atoms with Gasteiger partial charge in [0.05, 0.1) is 11.4 Å². The van der Waals surface area contributed by atoms with Gasteiger partial charge in [0.2, 0.25) is 0 Å². The lowest BCUT2D eigenvalue weighted by atomic mass is 10.3. The van der Waals surface area contributed by atoms with Gasteiger partial charge >= 0.3 is 5.51 Å². The second-order valence-corrected chi connectivity index (χ2v) is 6.15. The van der Waals surface area contributed by atoms with E-state index in [1.807, 2.05) is 0 Å². The molecule has 23 heavy (non-hydrogen) atoms. The van der Waals surface area contributed by atoms with Crippen molar-refractivity contribution in [1.82, 2.24) is 5.32 Å². The lowest BCUT2D eigenvalue weighted by Gasteiger charge is -2.09. The summed E-state index contributed by atoms with van der Waals surface area (Å²) in [4.78, 5) is 3.09. The number of nitrogens with two attached hydrogens (primary N) is 1. The molecule has 128 valence electrons. The van der Waals surface area contributed by atoms with E-state index in [1.54, 1.807) is 6.08 Å². The largest absolute Gasteiger partial charge is 0.501 e. The normalized spacial score (nSPS) is 12.7. The van der Waals surface area contributed by atoms with Gasteiger partial charge in [-0.25, -0.2) is 13.4 Å². The Morgan fingerprint density at radius 1 is 1.35 bits per heavy atom. The Kier molecular flexibility index (Phi) is 6.43. The van der Waals surface area contributed by atoms with E-state index >= 15 is 0 Å². The van der Waals surface area contributed by atoms with Crippen LogP contribution < -0.4 is 15.8 Å². The molecule has 0 heterocycles. The average molecular weight is 351 g/mol. The molecule has 0 atom stereocenters. The van der Waals surface area contributed by atoms with Crippen LogP contribution in [0.1, 0.15) is 0 Å². The fraction of sp³-hybridized carbons (Fsp3) is 0.308. The summed E-state index contributed by atoms with van der Waals surface area (Å²) in [5.41, 5.74) is 0.177. The van der Waals surface area contributed by atoms with Gasteiger partial charge in [0, 0.05) is 6.54 Å². The van der Waals surface area contributed by atoms with Gasteiger partial charge in [-0.3, -0.25) is 0 Å². The van der Waals surface area contributed by atoms with E-state index in [4.69, 9.17) is 10.5 Å². The monoisotopic (exact) mass is 351 g/mol. The molecule has 0 spiro atoms. The number of nitrogens with one attached hydrogen (secondary N) is 1. The third-order valence-corrected chi connectivity index (χ3v) is 4.01. The van der Waals surface area contributed by atoms with E-state index in [9.17, 15) is 21.6 Å². The molecule has 0 aliphatic rings. The third kappa shape index (κ3) is 5.47. The molecule has 0 unspecified atom stereocenters. The van der Waals surface area contributed by atoms with E-state index in [0.29, 0.717) is 6.54 Å². The van der Waals surface area contributed by atoms with Crippen LogP contribution in [0, 0.1) is 0 Å². The number of alkyl halides is 3. The first-order chi connectivity index (χ1) is 10.7. The molecule has 1 aromatic carbocycles. The standard InChI is InChI=1S/C13H16F3N3O3S/c1-2-7-18-12(17)19-8-9-22-10-3-5-11(6-4-10)23(20,21)13(14,15)16/h2-6H,1,7-9H2,(H3,17,18,19). The van der Waals surface area contributed by atoms with Crippen LogP contribution in [0.25, 0.3) is 0 Å². The van der Waals surface area contributed by atoms with E-state index in [0.717, 1.165) is 24.3 Å². The first kappa shape index (κ1) is 18.8. The van der Waals surface area contributed by atoms with Crippen molar-refractivity contribution in [3.05, 3.63) is 36.9 Å². The lowest BCUT2D eigenvalue weighted by Crippen LogP contribution is -2.32. The maximum absolute atomic E-state index is 12.4. The number of rotatable bonds is 7. The minimum absolute atomic E-state index is 0.127. The van der Waals surface area contributed by atoms with Crippen molar-refractivity contribution in [1.29, 1.82) is 0 Å². The van der Waals surface area contributed by atoms with Gasteiger partial charge in [0.15, 0.2) is 5.96 Å². The van der Waals surface area contributed by atoms with Crippen LogP contribution in [0.4, 0.5) is 13.2 Å². The summed E-state index contributed by atoms with van der Waals surface area (Å²) >= 11 is 0. The van der Waals surface area contributed by atoms with Crippen molar-refractivity contribution < 1.29 is 26.3 Å². The number of hydrogen-bond donors (Lipinski definition) is 2. The molecule has 0 aromatic heterocycles. The smallest absolute Gasteiger partial charge is 0.492 e. The predicted octanol–water partition coefficient (Wildman–Crippen LogP) is 1.45. The van der Waals surface area contributed by atoms with Crippen LogP contribution in [0.5, 0.6) is 5.75 Å². The number of aliphatic imine (C=N–C) groups is 1. The van der Waals surface area contributed by atoms with Crippen molar-refractivity contribution in [2.75, 3.05) is 19.7 Å². The Hall–Kier alpha value is -2.23. The molecule has 0 saturated heterocycles. The molecule has 0 amide bonds. The van der Waals surface area contributed by atoms with Crippen molar-refractivity contribution in [2.45, 2.75) is 10.4 Å². The van der Waals surface area contributed by atoms with Crippen molar-refractivity contribution in [3.63, 3.8) is 0 Å². The number of guanidine groups is 1. The summed E-state index contributed by atoms with van der Waals surface area (Å²) in [6.07, 6.45) is 1.61. The van der Waals surface area contributed by atoms with Gasteiger partial charge in [-0.05, 0) is 24.3 Å². The maximum atomic E-state index is 12.4. The summed E-state index contributed by atoms with van der Waals surface area (Å²) < 4.78 is 64.7. The molecule has 0 bridgehead atoms. The van der Waals surface area contributed by atoms with Crippen LogP contribution in [-0.4, -0.2) is 39.6 Å². The Morgan fingerprint density at radius 3 is 2.48 bits per heavy atom. The Morgan fingerprint density at radius 2 is 1.96 bits per heavy atom. The Balaban J connectivity index is 2.57. The average Bonchev–Trinajstić information content (AvgIpc) is 2.49. The molecule has 0 aliphatic heterocycles. The molecule has 6 nitrogen and oxygen atoms in total. The molecule has 10 heteroatoms. The molecule has 0 radical (unpaired) electrons. The number of hydrogen-bond acceptors (Lipinski definition) is 4. The molecule has 0 saturated carbocycles. The van der Waals surface area contributed by atoms with Gasteiger partial charge in [0.25, 0.3) is 9.84 Å². The maximum Gasteiger partial charge on any atom is 0.501 e. The summed E-state index contributed by atoms with van der Waals surface area (Å²) in [5, 5.41) is 2.75. The van der Waals surface area contributed by atoms with E-state index in [-0.39, 0.29) is 24.9 Å². The Bertz CT molecular complexity index is 655. The molecular weight excluding hydrogens is 335 g/mol. The van der Waals surface area contributed by atoms with Crippen LogP contribution in [0.2, 0.25) is 0 Å². The second kappa shape index (κ2) is 7.86. The van der Waals surface area contributed by atoms with Crippen LogP contribution in [0.15, 0.2) is 46.8 Å². The van der Waals surface area contributed by atoms with Gasteiger partial charge in [-0.2, -0.15) is 13.2 Å². The van der Waals surface area contributed by atoms with Gasteiger partial charge in [-0.1, -0.05) is 6.08 Å².